The monoisotopic (exact) mass is 251 g/mol. The second kappa shape index (κ2) is 4.35. The van der Waals surface area contributed by atoms with Crippen LogP contribution in [0.1, 0.15) is 22.5 Å². The zero-order chi connectivity index (χ0) is 12.5. The lowest BCUT2D eigenvalue weighted by molar-refractivity contribution is -0.384. The molecule has 1 aromatic heterocycles. The zero-order valence-electron chi connectivity index (χ0n) is 7.49. The van der Waals surface area contributed by atoms with Crippen molar-refractivity contribution in [2.75, 3.05) is 5.73 Å². The summed E-state index contributed by atoms with van der Waals surface area (Å²) in [6, 6.07) is 0. The minimum atomic E-state index is -3.18. The lowest BCUT2D eigenvalue weighted by Gasteiger charge is -2.07. The maximum absolute atomic E-state index is 12.5. The summed E-state index contributed by atoms with van der Waals surface area (Å²) in [5.74, 6) is 0. The highest BCUT2D eigenvalue weighted by Gasteiger charge is 2.28. The maximum atomic E-state index is 12.5. The Kier molecular flexibility index (Phi) is 3.33. The summed E-state index contributed by atoms with van der Waals surface area (Å²) < 4.78 is 25.1. The van der Waals surface area contributed by atoms with Gasteiger partial charge in [-0.3, -0.25) is 14.9 Å². The Balaban J connectivity index is 3.54. The van der Waals surface area contributed by atoms with E-state index in [1.807, 2.05) is 0 Å². The first-order valence-corrected chi connectivity index (χ1v) is 4.14. The number of anilines is 1. The molecule has 1 rings (SSSR count). The van der Waals surface area contributed by atoms with E-state index >= 15 is 0 Å². The molecule has 0 spiro atoms. The topological polar surface area (TPSA) is 99.1 Å². The fourth-order valence-corrected chi connectivity index (χ4v) is 1.20. The van der Waals surface area contributed by atoms with E-state index in [0.29, 0.717) is 6.20 Å². The number of alkyl halides is 2. The van der Waals surface area contributed by atoms with Gasteiger partial charge in [-0.25, -0.2) is 13.8 Å². The normalized spacial score (nSPS) is 10.5. The van der Waals surface area contributed by atoms with Crippen molar-refractivity contribution in [2.24, 2.45) is 0 Å². The van der Waals surface area contributed by atoms with Crippen molar-refractivity contribution in [3.05, 3.63) is 27.6 Å². The highest BCUT2D eigenvalue weighted by atomic mass is 35.5. The molecular formula is C7H4ClF2N3O3. The van der Waals surface area contributed by atoms with Gasteiger partial charge in [0.1, 0.15) is 17.6 Å². The number of nitro groups is 1. The number of rotatable bonds is 3. The van der Waals surface area contributed by atoms with E-state index < -0.39 is 39.2 Å². The van der Waals surface area contributed by atoms with Crippen molar-refractivity contribution >= 4 is 28.2 Å². The molecule has 16 heavy (non-hydrogen) atoms. The second-order valence-electron chi connectivity index (χ2n) is 2.65. The van der Waals surface area contributed by atoms with Crippen LogP contribution >= 0.6 is 11.6 Å². The summed E-state index contributed by atoms with van der Waals surface area (Å²) in [6.07, 6.45) is -2.57. The van der Waals surface area contributed by atoms with Gasteiger partial charge in [0.2, 0.25) is 0 Å². The third-order valence-corrected chi connectivity index (χ3v) is 1.92. The molecule has 0 unspecified atom stereocenters. The van der Waals surface area contributed by atoms with Crippen LogP contribution in [0.5, 0.6) is 0 Å². The Morgan fingerprint density at radius 1 is 1.62 bits per heavy atom. The van der Waals surface area contributed by atoms with Crippen molar-refractivity contribution in [3.63, 3.8) is 0 Å². The number of hydrogen-bond acceptors (Lipinski definition) is 5. The molecule has 0 aromatic carbocycles. The van der Waals surface area contributed by atoms with Crippen LogP contribution in [0, 0.1) is 10.1 Å². The van der Waals surface area contributed by atoms with E-state index in [-0.39, 0.29) is 0 Å². The Bertz CT molecular complexity index is 466. The quantitative estimate of drug-likeness (QED) is 0.502. The van der Waals surface area contributed by atoms with Crippen LogP contribution < -0.4 is 5.73 Å². The van der Waals surface area contributed by atoms with Gasteiger partial charge < -0.3 is 5.73 Å². The number of halogens is 3. The lowest BCUT2D eigenvalue weighted by Crippen LogP contribution is -2.09. The Morgan fingerprint density at radius 2 is 2.19 bits per heavy atom. The molecule has 2 N–H and O–H groups in total. The minimum Gasteiger partial charge on any atom is -0.393 e. The molecule has 1 heterocycles. The molecule has 0 amide bonds. The molecule has 0 atom stereocenters. The maximum Gasteiger partial charge on any atom is 0.310 e. The molecule has 0 aliphatic rings. The van der Waals surface area contributed by atoms with E-state index in [9.17, 15) is 23.7 Å². The number of hydrogen-bond donors (Lipinski definition) is 1. The molecule has 1 aromatic rings. The van der Waals surface area contributed by atoms with Gasteiger partial charge in [-0.1, -0.05) is 0 Å². The van der Waals surface area contributed by atoms with Gasteiger partial charge in [0.05, 0.1) is 10.5 Å². The molecule has 0 aliphatic heterocycles. The molecule has 0 saturated heterocycles. The van der Waals surface area contributed by atoms with Gasteiger partial charge in [0, 0.05) is 0 Å². The molecule has 6 nitrogen and oxygen atoms in total. The van der Waals surface area contributed by atoms with Crippen molar-refractivity contribution in [1.29, 1.82) is 0 Å². The first-order chi connectivity index (χ1) is 7.36. The van der Waals surface area contributed by atoms with Gasteiger partial charge in [-0.15, -0.1) is 0 Å². The molecule has 0 aliphatic carbocycles. The van der Waals surface area contributed by atoms with Crippen molar-refractivity contribution < 1.29 is 18.5 Å². The summed E-state index contributed by atoms with van der Waals surface area (Å²) in [7, 11) is 0. The van der Waals surface area contributed by atoms with Crippen LogP contribution in [0.4, 0.5) is 20.2 Å². The number of pyridine rings is 1. The number of carbonyl (C=O) groups is 1. The van der Waals surface area contributed by atoms with Gasteiger partial charge in [-0.05, 0) is 11.6 Å². The first kappa shape index (κ1) is 12.2. The summed E-state index contributed by atoms with van der Waals surface area (Å²) in [5.41, 5.74) is 1.75. The molecular weight excluding hydrogens is 248 g/mol. The first-order valence-electron chi connectivity index (χ1n) is 3.77. The molecule has 0 bridgehead atoms. The largest absolute Gasteiger partial charge is 0.393 e. The Labute approximate surface area is 92.2 Å². The van der Waals surface area contributed by atoms with Crippen LogP contribution in [0.2, 0.25) is 0 Å². The molecule has 86 valence electrons. The van der Waals surface area contributed by atoms with Gasteiger partial charge in [0.15, 0.2) is 0 Å². The zero-order valence-corrected chi connectivity index (χ0v) is 8.24. The number of aromatic nitrogens is 1. The van der Waals surface area contributed by atoms with E-state index in [1.54, 1.807) is 0 Å². The fourth-order valence-electron chi connectivity index (χ4n) is 1.05. The number of nitrogen functional groups attached to an aromatic ring is 1. The molecule has 0 saturated carbocycles. The van der Waals surface area contributed by atoms with Crippen molar-refractivity contribution in [1.82, 2.24) is 4.98 Å². The average molecular weight is 252 g/mol. The van der Waals surface area contributed by atoms with Crippen LogP contribution in [0.25, 0.3) is 0 Å². The predicted molar refractivity (Wildman–Crippen MR) is 50.4 cm³/mol. The lowest BCUT2D eigenvalue weighted by atomic mass is 10.1. The Morgan fingerprint density at radius 3 is 2.56 bits per heavy atom. The van der Waals surface area contributed by atoms with Gasteiger partial charge in [-0.2, -0.15) is 0 Å². The van der Waals surface area contributed by atoms with Gasteiger partial charge in [0.25, 0.3) is 11.7 Å². The second-order valence-corrected chi connectivity index (χ2v) is 2.99. The number of carbonyl (C=O) groups excluding carboxylic acids is 1. The summed E-state index contributed by atoms with van der Waals surface area (Å²) in [4.78, 5) is 23.4. The molecule has 9 heteroatoms. The molecule has 0 fully saturated rings. The highest BCUT2D eigenvalue weighted by Crippen LogP contribution is 2.34. The minimum absolute atomic E-state index is 0.608. The summed E-state index contributed by atoms with van der Waals surface area (Å²) >= 11 is 5.00. The smallest absolute Gasteiger partial charge is 0.310 e. The SMILES string of the molecule is Nc1c([N+](=O)[O-])cnc(C(=O)Cl)c1C(F)F. The van der Waals surface area contributed by atoms with Crippen molar-refractivity contribution in [2.45, 2.75) is 6.43 Å². The van der Waals surface area contributed by atoms with E-state index in [4.69, 9.17) is 17.3 Å². The third kappa shape index (κ3) is 2.06. The standard InChI is InChI=1S/C7H4ClF2N3O3/c8-6(14)5-3(7(9)10)4(11)2(1-12-5)13(15)16/h1,7H,(H2,11,12). The van der Waals surface area contributed by atoms with Gasteiger partial charge >= 0.3 is 5.69 Å². The predicted octanol–water partition coefficient (Wildman–Crippen LogP) is 1.89. The summed E-state index contributed by atoms with van der Waals surface area (Å²) in [5, 5.41) is 9.15. The Hall–Kier alpha value is -1.83. The summed E-state index contributed by atoms with van der Waals surface area (Å²) in [6.45, 7) is 0. The number of nitrogens with two attached hydrogens (primary N) is 1. The average Bonchev–Trinajstić information content (AvgIpc) is 2.15. The van der Waals surface area contributed by atoms with Crippen LogP contribution in [-0.2, 0) is 0 Å². The number of nitrogens with zero attached hydrogens (tertiary/aromatic N) is 2. The van der Waals surface area contributed by atoms with Crippen LogP contribution in [0.3, 0.4) is 0 Å². The van der Waals surface area contributed by atoms with Crippen molar-refractivity contribution in [3.8, 4) is 0 Å². The molecule has 0 radical (unpaired) electrons. The van der Waals surface area contributed by atoms with E-state index in [0.717, 1.165) is 0 Å². The van der Waals surface area contributed by atoms with Crippen LogP contribution in [-0.4, -0.2) is 15.1 Å². The van der Waals surface area contributed by atoms with Crippen LogP contribution in [0.15, 0.2) is 6.20 Å². The fraction of sp³-hybridized carbons (Fsp3) is 0.143. The highest BCUT2D eigenvalue weighted by molar-refractivity contribution is 6.67. The van der Waals surface area contributed by atoms with E-state index in [1.165, 1.54) is 0 Å². The van der Waals surface area contributed by atoms with E-state index in [2.05, 4.69) is 4.98 Å². The third-order valence-electron chi connectivity index (χ3n) is 1.74.